The molecule has 1 atom stereocenters. The van der Waals surface area contributed by atoms with Crippen molar-refractivity contribution in [3.05, 3.63) is 54.5 Å². The first-order valence-electron chi connectivity index (χ1n) is 9.21. The maximum atomic E-state index is 12.8. The number of nitrogens with zero attached hydrogens (tertiary/aromatic N) is 3. The topological polar surface area (TPSA) is 63.1 Å². The normalized spacial score (nSPS) is 18.2. The van der Waals surface area contributed by atoms with Gasteiger partial charge in [0.25, 0.3) is 0 Å². The number of nitrogens with one attached hydrogen (secondary N) is 1. The Labute approximate surface area is 152 Å². The largest absolute Gasteiger partial charge is 0.374 e. The van der Waals surface area contributed by atoms with E-state index in [0.717, 1.165) is 24.9 Å². The number of aryl methyl sites for hydroxylation is 1. The second-order valence-corrected chi connectivity index (χ2v) is 6.77. The van der Waals surface area contributed by atoms with Crippen LogP contribution < -0.4 is 0 Å². The van der Waals surface area contributed by atoms with Crippen LogP contribution >= 0.6 is 0 Å². The van der Waals surface area contributed by atoms with Gasteiger partial charge in [-0.15, -0.1) is 0 Å². The van der Waals surface area contributed by atoms with Crippen molar-refractivity contribution in [3.8, 4) is 0 Å². The third-order valence-corrected chi connectivity index (χ3v) is 4.94. The maximum absolute atomic E-state index is 12.8. The summed E-state index contributed by atoms with van der Waals surface area (Å²) >= 11 is 0. The van der Waals surface area contributed by atoms with E-state index in [1.165, 1.54) is 10.9 Å². The summed E-state index contributed by atoms with van der Waals surface area (Å²) in [6, 6.07) is 10.1. The molecule has 6 nitrogen and oxygen atoms in total. The zero-order valence-electron chi connectivity index (χ0n) is 14.8. The van der Waals surface area contributed by atoms with E-state index >= 15 is 0 Å². The number of ether oxygens (including phenoxy) is 1. The summed E-state index contributed by atoms with van der Waals surface area (Å²) in [7, 11) is 0. The van der Waals surface area contributed by atoms with E-state index in [2.05, 4.69) is 22.2 Å². The molecule has 1 N–H and O–H groups in total. The molecule has 0 radical (unpaired) electrons. The molecule has 1 aromatic carbocycles. The highest BCUT2D eigenvalue weighted by Crippen LogP contribution is 2.19. The number of para-hydroxylation sites is 1. The lowest BCUT2D eigenvalue weighted by molar-refractivity contribution is -0.132. The number of H-pyrrole nitrogens is 1. The molecule has 0 unspecified atom stereocenters. The summed E-state index contributed by atoms with van der Waals surface area (Å²) in [4.78, 5) is 18.0. The number of aromatic nitrogens is 3. The number of carbonyl (C=O) groups excluding carboxylic acids is 1. The molecule has 26 heavy (non-hydrogen) atoms. The van der Waals surface area contributed by atoms with Gasteiger partial charge < -0.3 is 14.6 Å². The molecular formula is C20H24N4O2. The smallest absolute Gasteiger partial charge is 0.222 e. The van der Waals surface area contributed by atoms with E-state index in [9.17, 15) is 4.79 Å². The van der Waals surface area contributed by atoms with Gasteiger partial charge in [-0.1, -0.05) is 18.2 Å². The highest BCUT2D eigenvalue weighted by molar-refractivity contribution is 5.84. The summed E-state index contributed by atoms with van der Waals surface area (Å²) < 4.78 is 7.77. The lowest BCUT2D eigenvalue weighted by Crippen LogP contribution is -2.38. The van der Waals surface area contributed by atoms with Crippen molar-refractivity contribution in [2.24, 2.45) is 0 Å². The number of carbonyl (C=O) groups is 1. The summed E-state index contributed by atoms with van der Waals surface area (Å²) in [5, 5.41) is 5.44. The second-order valence-electron chi connectivity index (χ2n) is 6.77. The molecule has 1 fully saturated rings. The molecule has 1 saturated heterocycles. The van der Waals surface area contributed by atoms with Gasteiger partial charge in [0.1, 0.15) is 0 Å². The predicted molar refractivity (Wildman–Crippen MR) is 99.8 cm³/mol. The maximum Gasteiger partial charge on any atom is 0.222 e. The molecule has 1 amide bonds. The van der Waals surface area contributed by atoms with Crippen LogP contribution in [0.4, 0.5) is 0 Å². The van der Waals surface area contributed by atoms with Crippen LogP contribution in [0.25, 0.3) is 10.9 Å². The zero-order valence-corrected chi connectivity index (χ0v) is 14.8. The Kier molecular flexibility index (Phi) is 5.02. The summed E-state index contributed by atoms with van der Waals surface area (Å²) in [5.74, 6) is 0.200. The van der Waals surface area contributed by atoms with Gasteiger partial charge in [0.05, 0.1) is 12.6 Å². The van der Waals surface area contributed by atoms with Crippen LogP contribution in [0, 0.1) is 0 Å². The second kappa shape index (κ2) is 7.74. The average Bonchev–Trinajstić information content (AvgIpc) is 3.25. The molecule has 0 saturated carbocycles. The van der Waals surface area contributed by atoms with Crippen LogP contribution in [0.15, 0.2) is 48.9 Å². The van der Waals surface area contributed by atoms with Crippen molar-refractivity contribution >= 4 is 16.8 Å². The van der Waals surface area contributed by atoms with Crippen LogP contribution in [-0.4, -0.2) is 51.4 Å². The SMILES string of the molecule is O=C(CCc1c[nH]c2ccccc12)N1CCCO[C@H](Cn2cccn2)C1. The van der Waals surface area contributed by atoms with Crippen molar-refractivity contribution in [1.82, 2.24) is 19.7 Å². The Morgan fingerprint density at radius 3 is 3.12 bits per heavy atom. The van der Waals surface area contributed by atoms with Crippen LogP contribution in [0.5, 0.6) is 0 Å². The van der Waals surface area contributed by atoms with E-state index < -0.39 is 0 Å². The highest BCUT2D eigenvalue weighted by atomic mass is 16.5. The average molecular weight is 352 g/mol. The van der Waals surface area contributed by atoms with Gasteiger partial charge in [-0.05, 0) is 30.5 Å². The van der Waals surface area contributed by atoms with Gasteiger partial charge in [0, 0.05) is 55.6 Å². The van der Waals surface area contributed by atoms with E-state index in [1.54, 1.807) is 6.20 Å². The van der Waals surface area contributed by atoms with Gasteiger partial charge in [-0.25, -0.2) is 0 Å². The van der Waals surface area contributed by atoms with Gasteiger partial charge in [0.15, 0.2) is 0 Å². The van der Waals surface area contributed by atoms with Crippen LogP contribution in [0.2, 0.25) is 0 Å². The van der Waals surface area contributed by atoms with E-state index in [0.29, 0.717) is 26.1 Å². The number of amides is 1. The number of hydrogen-bond acceptors (Lipinski definition) is 3. The van der Waals surface area contributed by atoms with Gasteiger partial charge in [0.2, 0.25) is 5.91 Å². The third kappa shape index (κ3) is 3.80. The molecule has 2 aromatic heterocycles. The molecule has 3 aromatic rings. The minimum absolute atomic E-state index is 0.00515. The Bertz CT molecular complexity index is 856. The van der Waals surface area contributed by atoms with Crippen molar-refractivity contribution in [3.63, 3.8) is 0 Å². The Morgan fingerprint density at radius 2 is 2.23 bits per heavy atom. The predicted octanol–water partition coefficient (Wildman–Crippen LogP) is 2.61. The Balaban J connectivity index is 1.37. The fourth-order valence-corrected chi connectivity index (χ4v) is 3.59. The monoisotopic (exact) mass is 352 g/mol. The molecule has 0 spiro atoms. The molecule has 1 aliphatic rings. The fourth-order valence-electron chi connectivity index (χ4n) is 3.59. The standard InChI is InChI=1S/C20H24N4O2/c25-20(8-7-16-13-21-19-6-2-1-5-18(16)19)23-10-4-12-26-17(14-23)15-24-11-3-9-22-24/h1-3,5-6,9,11,13,17,21H,4,7-8,10,12,14-15H2/t17-/m0/s1. The first kappa shape index (κ1) is 16.8. The van der Waals surface area contributed by atoms with E-state index in [4.69, 9.17) is 4.74 Å². The zero-order chi connectivity index (χ0) is 17.8. The van der Waals surface area contributed by atoms with Gasteiger partial charge in [-0.3, -0.25) is 9.48 Å². The first-order valence-corrected chi connectivity index (χ1v) is 9.21. The van der Waals surface area contributed by atoms with E-state index in [-0.39, 0.29) is 12.0 Å². The molecule has 6 heteroatoms. The lowest BCUT2D eigenvalue weighted by atomic mass is 10.1. The lowest BCUT2D eigenvalue weighted by Gasteiger charge is -2.24. The summed E-state index contributed by atoms with van der Waals surface area (Å²) in [6.45, 7) is 2.77. The van der Waals surface area contributed by atoms with Crippen molar-refractivity contribution in [2.45, 2.75) is 31.9 Å². The van der Waals surface area contributed by atoms with Crippen molar-refractivity contribution in [1.29, 1.82) is 0 Å². The van der Waals surface area contributed by atoms with Gasteiger partial charge in [-0.2, -0.15) is 5.10 Å². The first-order chi connectivity index (χ1) is 12.8. The van der Waals surface area contributed by atoms with Crippen LogP contribution in [-0.2, 0) is 22.5 Å². The molecule has 136 valence electrons. The molecule has 0 aliphatic carbocycles. The summed E-state index contributed by atoms with van der Waals surface area (Å²) in [5.41, 5.74) is 2.32. The quantitative estimate of drug-likeness (QED) is 0.768. The minimum atomic E-state index is -0.00515. The van der Waals surface area contributed by atoms with Crippen LogP contribution in [0.3, 0.4) is 0 Å². The minimum Gasteiger partial charge on any atom is -0.374 e. The molecule has 3 heterocycles. The Morgan fingerprint density at radius 1 is 1.31 bits per heavy atom. The number of aromatic amines is 1. The van der Waals surface area contributed by atoms with Crippen molar-refractivity contribution < 1.29 is 9.53 Å². The number of hydrogen-bond donors (Lipinski definition) is 1. The van der Waals surface area contributed by atoms with E-state index in [1.807, 2.05) is 40.2 Å². The number of fused-ring (bicyclic) bond motifs is 1. The third-order valence-electron chi connectivity index (χ3n) is 4.94. The highest BCUT2D eigenvalue weighted by Gasteiger charge is 2.23. The molecule has 1 aliphatic heterocycles. The number of rotatable bonds is 5. The molecule has 0 bridgehead atoms. The van der Waals surface area contributed by atoms with Crippen LogP contribution in [0.1, 0.15) is 18.4 Å². The fraction of sp³-hybridized carbons (Fsp3) is 0.400. The van der Waals surface area contributed by atoms with Gasteiger partial charge >= 0.3 is 0 Å². The number of benzene rings is 1. The Hall–Kier alpha value is -2.60. The van der Waals surface area contributed by atoms with Crippen molar-refractivity contribution in [2.75, 3.05) is 19.7 Å². The molecular weight excluding hydrogens is 328 g/mol. The molecule has 4 rings (SSSR count). The summed E-state index contributed by atoms with van der Waals surface area (Å²) in [6.07, 6.45) is 7.87.